The lowest BCUT2D eigenvalue weighted by atomic mass is 10.2. The van der Waals surface area contributed by atoms with Crippen molar-refractivity contribution in [2.75, 3.05) is 6.61 Å². The highest BCUT2D eigenvalue weighted by Gasteiger charge is 2.07. The van der Waals surface area contributed by atoms with Gasteiger partial charge in [-0.05, 0) is 47.7 Å². The lowest BCUT2D eigenvalue weighted by Crippen LogP contribution is -2.25. The van der Waals surface area contributed by atoms with Crippen LogP contribution in [0.4, 0.5) is 0 Å². The van der Waals surface area contributed by atoms with Crippen LogP contribution < -0.4 is 5.56 Å². The fourth-order valence-corrected chi connectivity index (χ4v) is 2.16. The van der Waals surface area contributed by atoms with Gasteiger partial charge in [-0.1, -0.05) is 0 Å². The Kier molecular flexibility index (Phi) is 3.25. The van der Waals surface area contributed by atoms with E-state index in [4.69, 9.17) is 5.11 Å². The topological polar surface area (TPSA) is 55.1 Å². The summed E-state index contributed by atoms with van der Waals surface area (Å²) < 4.78 is 2.50. The molecule has 1 heterocycles. The third-order valence-electron chi connectivity index (χ3n) is 2.43. The average Bonchev–Trinajstić information content (AvgIpc) is 2.26. The minimum atomic E-state index is -0.0879. The van der Waals surface area contributed by atoms with E-state index in [-0.39, 0.29) is 12.2 Å². The maximum absolute atomic E-state index is 12.1. The molecule has 4 nitrogen and oxygen atoms in total. The quantitative estimate of drug-likeness (QED) is 0.845. The van der Waals surface area contributed by atoms with Crippen molar-refractivity contribution >= 4 is 33.5 Å². The summed E-state index contributed by atoms with van der Waals surface area (Å²) in [4.78, 5) is 16.4. The van der Waals surface area contributed by atoms with Crippen LogP contribution in [-0.4, -0.2) is 21.3 Å². The molecular weight excluding hydrogens is 319 g/mol. The first kappa shape index (κ1) is 11.5. The molecule has 5 heteroatoms. The highest BCUT2D eigenvalue weighted by atomic mass is 127. The molecule has 0 bridgehead atoms. The van der Waals surface area contributed by atoms with Gasteiger partial charge in [0, 0.05) is 3.57 Å². The third kappa shape index (κ3) is 1.97. The van der Waals surface area contributed by atoms with Crippen LogP contribution in [0, 0.1) is 10.5 Å². The molecule has 84 valence electrons. The fourth-order valence-electron chi connectivity index (χ4n) is 1.67. The molecule has 2 aromatic rings. The zero-order chi connectivity index (χ0) is 11.7. The van der Waals surface area contributed by atoms with E-state index in [0.29, 0.717) is 23.3 Å². The molecule has 0 aliphatic carbocycles. The van der Waals surface area contributed by atoms with E-state index >= 15 is 0 Å². The number of hydrogen-bond acceptors (Lipinski definition) is 3. The van der Waals surface area contributed by atoms with E-state index in [2.05, 4.69) is 27.6 Å². The molecule has 0 spiro atoms. The molecule has 0 amide bonds. The van der Waals surface area contributed by atoms with Gasteiger partial charge in [-0.2, -0.15) is 0 Å². The molecule has 0 saturated heterocycles. The first-order valence-electron chi connectivity index (χ1n) is 4.91. The van der Waals surface area contributed by atoms with Crippen LogP contribution in [-0.2, 0) is 6.54 Å². The Balaban J connectivity index is 2.80. The van der Waals surface area contributed by atoms with E-state index in [1.165, 1.54) is 4.57 Å². The van der Waals surface area contributed by atoms with Crippen LogP contribution in [0.5, 0.6) is 0 Å². The molecule has 0 atom stereocenters. The number of aromatic nitrogens is 2. The summed E-state index contributed by atoms with van der Waals surface area (Å²) in [6.45, 7) is 2.01. The number of benzene rings is 1. The van der Waals surface area contributed by atoms with Gasteiger partial charge in [0.05, 0.1) is 24.1 Å². The van der Waals surface area contributed by atoms with Gasteiger partial charge in [0.25, 0.3) is 5.56 Å². The average molecular weight is 330 g/mol. The van der Waals surface area contributed by atoms with Crippen molar-refractivity contribution < 1.29 is 5.11 Å². The second kappa shape index (κ2) is 4.50. The largest absolute Gasteiger partial charge is 0.395 e. The van der Waals surface area contributed by atoms with Crippen molar-refractivity contribution in [1.29, 1.82) is 0 Å². The van der Waals surface area contributed by atoms with E-state index < -0.39 is 0 Å². The number of hydrogen-bond donors (Lipinski definition) is 1. The van der Waals surface area contributed by atoms with Crippen molar-refractivity contribution in [1.82, 2.24) is 9.55 Å². The molecule has 0 fully saturated rings. The smallest absolute Gasteiger partial charge is 0.261 e. The number of aliphatic hydroxyl groups excluding tert-OH is 1. The number of aryl methyl sites for hydroxylation is 1. The summed E-state index contributed by atoms with van der Waals surface area (Å²) in [5.74, 6) is 0.632. The van der Waals surface area contributed by atoms with Crippen LogP contribution in [0.1, 0.15) is 5.82 Å². The van der Waals surface area contributed by atoms with Crippen LogP contribution in [0.3, 0.4) is 0 Å². The first-order valence-corrected chi connectivity index (χ1v) is 5.99. The Labute approximate surface area is 106 Å². The van der Waals surface area contributed by atoms with Gasteiger partial charge in [0.1, 0.15) is 5.82 Å². The summed E-state index contributed by atoms with van der Waals surface area (Å²) in [6, 6.07) is 5.58. The van der Waals surface area contributed by atoms with Crippen molar-refractivity contribution in [2.45, 2.75) is 13.5 Å². The van der Waals surface area contributed by atoms with Gasteiger partial charge in [-0.3, -0.25) is 9.36 Å². The van der Waals surface area contributed by atoms with E-state index in [1.54, 1.807) is 6.92 Å². The lowest BCUT2D eigenvalue weighted by molar-refractivity contribution is 0.272. The number of aliphatic hydroxyl groups is 1. The maximum Gasteiger partial charge on any atom is 0.261 e. The summed E-state index contributed by atoms with van der Waals surface area (Å²) in [5.41, 5.74) is 0.618. The predicted octanol–water partition coefficient (Wildman–Crippen LogP) is 1.30. The summed E-state index contributed by atoms with van der Waals surface area (Å²) >= 11 is 2.16. The van der Waals surface area contributed by atoms with Crippen LogP contribution in [0.2, 0.25) is 0 Å². The number of halogens is 1. The molecule has 1 aromatic carbocycles. The molecule has 0 unspecified atom stereocenters. The van der Waals surface area contributed by atoms with E-state index in [0.717, 1.165) is 3.57 Å². The van der Waals surface area contributed by atoms with Crippen molar-refractivity contribution in [2.24, 2.45) is 0 Å². The number of fused-ring (bicyclic) bond motifs is 1. The van der Waals surface area contributed by atoms with Crippen molar-refractivity contribution in [3.63, 3.8) is 0 Å². The van der Waals surface area contributed by atoms with Gasteiger partial charge < -0.3 is 5.11 Å². The van der Waals surface area contributed by atoms with Crippen LogP contribution >= 0.6 is 22.6 Å². The Morgan fingerprint density at radius 3 is 2.94 bits per heavy atom. The van der Waals surface area contributed by atoms with Gasteiger partial charge in [-0.25, -0.2) is 4.98 Å². The Morgan fingerprint density at radius 2 is 2.25 bits per heavy atom. The summed E-state index contributed by atoms with van der Waals surface area (Å²) in [7, 11) is 0. The van der Waals surface area contributed by atoms with Crippen LogP contribution in [0.15, 0.2) is 23.0 Å². The Morgan fingerprint density at radius 1 is 1.50 bits per heavy atom. The van der Waals surface area contributed by atoms with Crippen LogP contribution in [0.25, 0.3) is 10.9 Å². The zero-order valence-corrected chi connectivity index (χ0v) is 10.9. The fraction of sp³-hybridized carbons (Fsp3) is 0.273. The molecule has 1 aromatic heterocycles. The highest BCUT2D eigenvalue weighted by Crippen LogP contribution is 2.12. The second-order valence-corrected chi connectivity index (χ2v) is 4.75. The van der Waals surface area contributed by atoms with Gasteiger partial charge >= 0.3 is 0 Å². The van der Waals surface area contributed by atoms with E-state index in [1.807, 2.05) is 18.2 Å². The molecule has 16 heavy (non-hydrogen) atoms. The normalized spacial score (nSPS) is 10.9. The minimum absolute atomic E-state index is 0.0577. The highest BCUT2D eigenvalue weighted by molar-refractivity contribution is 14.1. The number of nitrogens with zero attached hydrogens (tertiary/aromatic N) is 2. The SMILES string of the molecule is Cc1nc2ccc(I)cc2c(=O)n1CCO. The Hall–Kier alpha value is -0.950. The number of rotatable bonds is 2. The standard InChI is InChI=1S/C11H11IN2O2/c1-7-13-10-3-2-8(12)6-9(10)11(16)14(7)4-5-15/h2-3,6,15H,4-5H2,1H3. The Bertz CT molecular complexity index is 592. The van der Waals surface area contributed by atoms with Gasteiger partial charge in [0.2, 0.25) is 0 Å². The lowest BCUT2D eigenvalue weighted by Gasteiger charge is -2.09. The second-order valence-electron chi connectivity index (χ2n) is 3.50. The summed E-state index contributed by atoms with van der Waals surface area (Å²) in [5, 5.41) is 9.51. The third-order valence-corrected chi connectivity index (χ3v) is 3.10. The van der Waals surface area contributed by atoms with Gasteiger partial charge in [0.15, 0.2) is 0 Å². The molecule has 0 aliphatic heterocycles. The van der Waals surface area contributed by atoms with Crippen molar-refractivity contribution in [3.8, 4) is 0 Å². The molecule has 0 radical (unpaired) electrons. The monoisotopic (exact) mass is 330 g/mol. The maximum atomic E-state index is 12.1. The zero-order valence-electron chi connectivity index (χ0n) is 8.77. The first-order chi connectivity index (χ1) is 7.63. The molecule has 2 rings (SSSR count). The van der Waals surface area contributed by atoms with E-state index in [9.17, 15) is 4.79 Å². The van der Waals surface area contributed by atoms with Gasteiger partial charge in [-0.15, -0.1) is 0 Å². The van der Waals surface area contributed by atoms with Crippen molar-refractivity contribution in [3.05, 3.63) is 37.9 Å². The molecular formula is C11H11IN2O2. The predicted molar refractivity (Wildman–Crippen MR) is 70.5 cm³/mol. The summed E-state index contributed by atoms with van der Waals surface area (Å²) in [6.07, 6.45) is 0. The molecule has 0 saturated carbocycles. The molecule has 0 aliphatic rings. The minimum Gasteiger partial charge on any atom is -0.395 e. The molecule has 1 N–H and O–H groups in total.